The molecule has 2 N–H and O–H groups in total. The van der Waals surface area contributed by atoms with Crippen LogP contribution in [0.3, 0.4) is 0 Å². The highest BCUT2D eigenvalue weighted by Gasteiger charge is 2.26. The highest BCUT2D eigenvalue weighted by Crippen LogP contribution is 2.30. The van der Waals surface area contributed by atoms with Gasteiger partial charge in [0.2, 0.25) is 0 Å². The van der Waals surface area contributed by atoms with Crippen molar-refractivity contribution >= 4 is 11.8 Å². The van der Waals surface area contributed by atoms with Gasteiger partial charge < -0.3 is 24.4 Å². The lowest BCUT2D eigenvalue weighted by molar-refractivity contribution is -0.0150. The lowest BCUT2D eigenvalue weighted by Gasteiger charge is -2.24. The van der Waals surface area contributed by atoms with Gasteiger partial charge in [-0.05, 0) is 28.8 Å². The zero-order valence-electron chi connectivity index (χ0n) is 21.8. The van der Waals surface area contributed by atoms with Gasteiger partial charge in [-0.3, -0.25) is 0 Å². The highest BCUT2D eigenvalue weighted by molar-refractivity contribution is 8.00. The maximum atomic E-state index is 11.3. The van der Waals surface area contributed by atoms with E-state index in [1.165, 1.54) is 0 Å². The highest BCUT2D eigenvalue weighted by atomic mass is 32.2. The maximum absolute atomic E-state index is 11.3. The Balaban J connectivity index is 1.54. The molecule has 0 heterocycles. The summed E-state index contributed by atoms with van der Waals surface area (Å²) in [5.74, 6) is -0.0602. The first kappa shape index (κ1) is 28.5. The summed E-state index contributed by atoms with van der Waals surface area (Å²) in [7, 11) is 0. The molecule has 39 heavy (non-hydrogen) atoms. The van der Waals surface area contributed by atoms with Crippen molar-refractivity contribution in [2.45, 2.75) is 42.7 Å². The molecule has 4 aromatic carbocycles. The molecule has 0 spiro atoms. The van der Waals surface area contributed by atoms with Gasteiger partial charge in [-0.25, -0.2) is 0 Å². The molecule has 6 heteroatoms. The van der Waals surface area contributed by atoms with Crippen LogP contribution >= 0.6 is 11.8 Å². The van der Waals surface area contributed by atoms with E-state index in [0.29, 0.717) is 26.2 Å². The zero-order valence-corrected chi connectivity index (χ0v) is 22.6. The minimum Gasteiger partial charge on any atom is -0.506 e. The van der Waals surface area contributed by atoms with Crippen LogP contribution in [-0.2, 0) is 34.0 Å². The van der Waals surface area contributed by atoms with Crippen molar-refractivity contribution in [1.82, 2.24) is 0 Å². The van der Waals surface area contributed by atoms with Crippen LogP contribution < -0.4 is 0 Å². The van der Waals surface area contributed by atoms with Crippen LogP contribution in [0, 0.1) is 0 Å². The van der Waals surface area contributed by atoms with Crippen molar-refractivity contribution in [3.8, 4) is 0 Å². The van der Waals surface area contributed by atoms with E-state index in [-0.39, 0.29) is 18.1 Å². The van der Waals surface area contributed by atoms with Gasteiger partial charge in [0, 0.05) is 17.9 Å². The molecule has 2 atom stereocenters. The molecule has 0 aliphatic carbocycles. The van der Waals surface area contributed by atoms with E-state index < -0.39 is 11.5 Å². The smallest absolute Gasteiger partial charge is 0.172 e. The number of aliphatic hydroxyl groups excluding tert-OH is 2. The fourth-order valence-electron chi connectivity index (χ4n) is 3.89. The molecule has 0 radical (unpaired) electrons. The Labute approximate surface area is 234 Å². The lowest BCUT2D eigenvalue weighted by Crippen LogP contribution is -2.24. The average molecular weight is 543 g/mol. The standard InChI is InChI=1S/C33H34O5S/c34-31(33(35)39-29-19-11-4-12-20-29)32(38-25-28-17-9-3-10-18-28)30(37-24-27-15-7-2-8-16-27)21-22-36-23-26-13-5-1-6-14-26/h1-20,30,33-35H,21-25H2/b32-31-. The van der Waals surface area contributed by atoms with Crippen molar-refractivity contribution in [2.75, 3.05) is 6.61 Å². The minimum absolute atomic E-state index is 0.203. The summed E-state index contributed by atoms with van der Waals surface area (Å²) in [5.41, 5.74) is 1.78. The van der Waals surface area contributed by atoms with E-state index >= 15 is 0 Å². The molecular formula is C33H34O5S. The van der Waals surface area contributed by atoms with E-state index in [4.69, 9.17) is 14.2 Å². The second-order valence-electron chi connectivity index (χ2n) is 8.92. The van der Waals surface area contributed by atoms with Gasteiger partial charge in [0.15, 0.2) is 17.0 Å². The van der Waals surface area contributed by atoms with Crippen LogP contribution in [0.5, 0.6) is 0 Å². The second kappa shape index (κ2) is 15.8. The van der Waals surface area contributed by atoms with Gasteiger partial charge in [-0.2, -0.15) is 0 Å². The van der Waals surface area contributed by atoms with E-state index in [9.17, 15) is 10.2 Å². The normalized spacial score (nSPS) is 13.4. The number of aliphatic hydroxyl groups is 2. The van der Waals surface area contributed by atoms with Gasteiger partial charge in [0.25, 0.3) is 0 Å². The van der Waals surface area contributed by atoms with Gasteiger partial charge in [-0.15, -0.1) is 0 Å². The molecule has 4 rings (SSSR count). The minimum atomic E-state index is -1.23. The molecule has 0 bridgehead atoms. The second-order valence-corrected chi connectivity index (χ2v) is 10.1. The summed E-state index contributed by atoms with van der Waals surface area (Å²) in [4.78, 5) is 0.826. The number of rotatable bonds is 15. The molecule has 2 unspecified atom stereocenters. The van der Waals surface area contributed by atoms with Crippen molar-refractivity contribution in [1.29, 1.82) is 0 Å². The monoisotopic (exact) mass is 542 g/mol. The Kier molecular flexibility index (Phi) is 11.5. The number of hydrogen-bond acceptors (Lipinski definition) is 6. The van der Waals surface area contributed by atoms with E-state index in [1.807, 2.05) is 121 Å². The third-order valence-corrected chi connectivity index (χ3v) is 6.93. The molecule has 0 saturated carbocycles. The molecule has 0 amide bonds. The fraction of sp³-hybridized carbons (Fsp3) is 0.212. The predicted molar refractivity (Wildman–Crippen MR) is 155 cm³/mol. The summed E-state index contributed by atoms with van der Waals surface area (Å²) in [5, 5.41) is 22.3. The number of hydrogen-bond donors (Lipinski definition) is 2. The van der Waals surface area contributed by atoms with E-state index in [2.05, 4.69) is 0 Å². The Hall–Kier alpha value is -3.55. The summed E-state index contributed by atoms with van der Waals surface area (Å²) in [6.07, 6.45) is -0.216. The fourth-order valence-corrected chi connectivity index (χ4v) is 4.69. The van der Waals surface area contributed by atoms with Crippen LogP contribution in [-0.4, -0.2) is 28.4 Å². The lowest BCUT2D eigenvalue weighted by atomic mass is 10.1. The molecular weight excluding hydrogens is 508 g/mol. The third-order valence-electron chi connectivity index (χ3n) is 5.94. The first-order valence-electron chi connectivity index (χ1n) is 13.0. The Morgan fingerprint density at radius 2 is 1.13 bits per heavy atom. The Morgan fingerprint density at radius 3 is 1.69 bits per heavy atom. The van der Waals surface area contributed by atoms with Crippen molar-refractivity contribution < 1.29 is 24.4 Å². The van der Waals surface area contributed by atoms with Crippen LogP contribution in [0.1, 0.15) is 23.1 Å². The average Bonchev–Trinajstić information content (AvgIpc) is 2.99. The molecule has 0 saturated heterocycles. The van der Waals surface area contributed by atoms with Gasteiger partial charge >= 0.3 is 0 Å². The summed E-state index contributed by atoms with van der Waals surface area (Å²) >= 11 is 1.14. The van der Waals surface area contributed by atoms with Crippen LogP contribution in [0.2, 0.25) is 0 Å². The number of ether oxygens (including phenoxy) is 3. The molecule has 5 nitrogen and oxygen atoms in total. The Bertz CT molecular complexity index is 1250. The Morgan fingerprint density at radius 1 is 0.641 bits per heavy atom. The van der Waals surface area contributed by atoms with Crippen LogP contribution in [0.15, 0.2) is 138 Å². The van der Waals surface area contributed by atoms with E-state index in [0.717, 1.165) is 33.3 Å². The zero-order chi connectivity index (χ0) is 27.1. The molecule has 0 fully saturated rings. The first-order valence-corrected chi connectivity index (χ1v) is 13.8. The third kappa shape index (κ3) is 9.61. The quantitative estimate of drug-likeness (QED) is 0.0712. The van der Waals surface area contributed by atoms with Crippen molar-refractivity contribution in [3.05, 3.63) is 150 Å². The predicted octanol–water partition coefficient (Wildman–Crippen LogP) is 7.28. The molecule has 0 aromatic heterocycles. The maximum Gasteiger partial charge on any atom is 0.172 e. The van der Waals surface area contributed by atoms with Gasteiger partial charge in [0.05, 0.1) is 13.2 Å². The summed E-state index contributed by atoms with van der Waals surface area (Å²) < 4.78 is 18.4. The summed E-state index contributed by atoms with van der Waals surface area (Å²) in [6.45, 7) is 1.38. The van der Waals surface area contributed by atoms with Crippen LogP contribution in [0.4, 0.5) is 0 Å². The molecule has 4 aromatic rings. The van der Waals surface area contributed by atoms with Crippen LogP contribution in [0.25, 0.3) is 0 Å². The van der Waals surface area contributed by atoms with Gasteiger partial charge in [-0.1, -0.05) is 121 Å². The van der Waals surface area contributed by atoms with Gasteiger partial charge in [0.1, 0.15) is 12.7 Å². The van der Waals surface area contributed by atoms with Crippen molar-refractivity contribution in [3.63, 3.8) is 0 Å². The SMILES string of the molecule is O/C(=C(\OCc1ccccc1)C(CCOCc1ccccc1)OCc1ccccc1)C(O)Sc1ccccc1. The largest absolute Gasteiger partial charge is 0.506 e. The molecule has 202 valence electrons. The van der Waals surface area contributed by atoms with E-state index in [1.54, 1.807) is 0 Å². The van der Waals surface area contributed by atoms with Crippen molar-refractivity contribution in [2.24, 2.45) is 0 Å². The topological polar surface area (TPSA) is 68.2 Å². The molecule has 0 aliphatic rings. The molecule has 0 aliphatic heterocycles. The number of benzene rings is 4. The number of thioether (sulfide) groups is 1. The first-order chi connectivity index (χ1) is 19.2. The summed E-state index contributed by atoms with van der Waals surface area (Å²) in [6, 6.07) is 38.9.